The van der Waals surface area contributed by atoms with E-state index in [4.69, 9.17) is 10.5 Å². The third kappa shape index (κ3) is 2.56. The number of rotatable bonds is 4. The molecule has 0 radical (unpaired) electrons. The normalized spacial score (nSPS) is 9.69. The Balaban J connectivity index is 2.82. The molecule has 1 aromatic heterocycles. The van der Waals surface area contributed by atoms with Gasteiger partial charge in [0.15, 0.2) is 0 Å². The lowest BCUT2D eigenvalue weighted by atomic mass is 10.1. The molecule has 0 bridgehead atoms. The van der Waals surface area contributed by atoms with Crippen LogP contribution in [0, 0.1) is 0 Å². The van der Waals surface area contributed by atoms with Crippen molar-refractivity contribution < 1.29 is 4.74 Å². The Hall–Kier alpha value is -1.35. The van der Waals surface area contributed by atoms with Crippen molar-refractivity contribution in [1.29, 1.82) is 0 Å². The monoisotopic (exact) mass is 178 g/mol. The molecule has 70 valence electrons. The van der Waals surface area contributed by atoms with Crippen molar-refractivity contribution in [2.75, 3.05) is 13.7 Å². The summed E-state index contributed by atoms with van der Waals surface area (Å²) in [4.78, 5) is 4.01. The lowest BCUT2D eigenvalue weighted by Gasteiger charge is -2.05. The van der Waals surface area contributed by atoms with E-state index < -0.39 is 0 Å². The number of nitrogens with zero attached hydrogens (tertiary/aromatic N) is 1. The van der Waals surface area contributed by atoms with Gasteiger partial charge in [0.05, 0.1) is 7.11 Å². The van der Waals surface area contributed by atoms with Gasteiger partial charge in [0, 0.05) is 12.3 Å². The van der Waals surface area contributed by atoms with Crippen LogP contribution in [0.15, 0.2) is 24.9 Å². The minimum Gasteiger partial charge on any atom is -0.481 e. The largest absolute Gasteiger partial charge is 0.481 e. The molecule has 3 heteroatoms. The highest BCUT2D eigenvalue weighted by atomic mass is 16.5. The van der Waals surface area contributed by atoms with Gasteiger partial charge in [-0.15, -0.1) is 0 Å². The zero-order valence-corrected chi connectivity index (χ0v) is 7.79. The van der Waals surface area contributed by atoms with Crippen LogP contribution in [0.4, 0.5) is 0 Å². The van der Waals surface area contributed by atoms with Crippen LogP contribution in [0.5, 0.6) is 5.88 Å². The number of ether oxygens (including phenoxy) is 1. The fraction of sp³-hybridized carbons (Fsp3) is 0.300. The molecule has 13 heavy (non-hydrogen) atoms. The molecule has 0 aliphatic rings. The summed E-state index contributed by atoms with van der Waals surface area (Å²) in [6.45, 7) is 4.54. The quantitative estimate of drug-likeness (QED) is 0.759. The Kier molecular flexibility index (Phi) is 3.46. The minimum atomic E-state index is 0.607. The molecule has 1 rings (SSSR count). The third-order valence-corrected chi connectivity index (χ3v) is 1.80. The van der Waals surface area contributed by atoms with E-state index in [1.54, 1.807) is 13.3 Å². The van der Waals surface area contributed by atoms with Crippen molar-refractivity contribution in [2.24, 2.45) is 5.73 Å². The second kappa shape index (κ2) is 4.62. The molecule has 0 atom stereocenters. The highest BCUT2D eigenvalue weighted by Crippen LogP contribution is 2.18. The highest BCUT2D eigenvalue weighted by molar-refractivity contribution is 5.63. The van der Waals surface area contributed by atoms with Crippen LogP contribution >= 0.6 is 0 Å². The fourth-order valence-electron chi connectivity index (χ4n) is 1.06. The number of aromatic nitrogens is 1. The van der Waals surface area contributed by atoms with E-state index in [1.807, 2.05) is 12.1 Å². The maximum Gasteiger partial charge on any atom is 0.213 e. The van der Waals surface area contributed by atoms with Gasteiger partial charge >= 0.3 is 0 Å². The van der Waals surface area contributed by atoms with Gasteiger partial charge in [-0.05, 0) is 30.2 Å². The smallest absolute Gasteiger partial charge is 0.213 e. The van der Waals surface area contributed by atoms with Gasteiger partial charge in [-0.1, -0.05) is 6.58 Å². The summed E-state index contributed by atoms with van der Waals surface area (Å²) < 4.78 is 5.00. The summed E-state index contributed by atoms with van der Waals surface area (Å²) in [5.74, 6) is 0.607. The van der Waals surface area contributed by atoms with Crippen LogP contribution in [-0.4, -0.2) is 18.6 Å². The second-order valence-corrected chi connectivity index (χ2v) is 2.73. The zero-order valence-electron chi connectivity index (χ0n) is 7.79. The number of nitrogens with two attached hydrogens (primary N) is 1. The van der Waals surface area contributed by atoms with E-state index >= 15 is 0 Å². The topological polar surface area (TPSA) is 48.1 Å². The zero-order chi connectivity index (χ0) is 9.68. The number of pyridine rings is 1. The summed E-state index contributed by atoms with van der Waals surface area (Å²) in [5, 5.41) is 0. The average Bonchev–Trinajstić information content (AvgIpc) is 2.18. The molecular formula is C10H14N2O. The van der Waals surface area contributed by atoms with E-state index in [9.17, 15) is 0 Å². The van der Waals surface area contributed by atoms with Crippen LogP contribution in [-0.2, 0) is 0 Å². The Labute approximate surface area is 78.2 Å². The molecule has 1 heterocycles. The van der Waals surface area contributed by atoms with Gasteiger partial charge < -0.3 is 10.5 Å². The van der Waals surface area contributed by atoms with Crippen molar-refractivity contribution >= 4 is 5.57 Å². The molecule has 0 fully saturated rings. The Bertz CT molecular complexity index is 297. The van der Waals surface area contributed by atoms with Gasteiger partial charge in [-0.2, -0.15) is 0 Å². The standard InChI is InChI=1S/C10H14N2O/c1-8(3-5-11)9-4-6-12-10(7-9)13-2/h4,6-7H,1,3,5,11H2,2H3. The van der Waals surface area contributed by atoms with Gasteiger partial charge in [-0.25, -0.2) is 4.98 Å². The predicted molar refractivity (Wildman–Crippen MR) is 53.5 cm³/mol. The molecule has 0 aliphatic carbocycles. The molecule has 0 saturated heterocycles. The van der Waals surface area contributed by atoms with Crippen LogP contribution in [0.3, 0.4) is 0 Å². The molecular weight excluding hydrogens is 164 g/mol. The summed E-state index contributed by atoms with van der Waals surface area (Å²) in [7, 11) is 1.60. The molecule has 0 saturated carbocycles. The Morgan fingerprint density at radius 1 is 1.69 bits per heavy atom. The SMILES string of the molecule is C=C(CCN)c1ccnc(OC)c1. The maximum absolute atomic E-state index is 5.43. The second-order valence-electron chi connectivity index (χ2n) is 2.73. The molecule has 0 spiro atoms. The molecule has 3 nitrogen and oxygen atoms in total. The molecule has 2 N–H and O–H groups in total. The maximum atomic E-state index is 5.43. The number of hydrogen-bond donors (Lipinski definition) is 1. The van der Waals surface area contributed by atoms with Crippen LogP contribution in [0.2, 0.25) is 0 Å². The van der Waals surface area contributed by atoms with E-state index in [0.717, 1.165) is 17.6 Å². The molecule has 0 aromatic carbocycles. The summed E-state index contributed by atoms with van der Waals surface area (Å²) in [5.41, 5.74) is 7.49. The van der Waals surface area contributed by atoms with E-state index in [1.165, 1.54) is 0 Å². The van der Waals surface area contributed by atoms with Gasteiger partial charge in [0.2, 0.25) is 5.88 Å². The van der Waals surface area contributed by atoms with Gasteiger partial charge in [-0.3, -0.25) is 0 Å². The lowest BCUT2D eigenvalue weighted by molar-refractivity contribution is 0.397. The van der Waals surface area contributed by atoms with E-state index in [-0.39, 0.29) is 0 Å². The first kappa shape index (κ1) is 9.74. The number of hydrogen-bond acceptors (Lipinski definition) is 3. The molecule has 0 unspecified atom stereocenters. The van der Waals surface area contributed by atoms with E-state index in [0.29, 0.717) is 12.4 Å². The van der Waals surface area contributed by atoms with Crippen molar-refractivity contribution in [3.05, 3.63) is 30.5 Å². The fourth-order valence-corrected chi connectivity index (χ4v) is 1.06. The van der Waals surface area contributed by atoms with Crippen molar-refractivity contribution in [1.82, 2.24) is 4.98 Å². The first-order valence-electron chi connectivity index (χ1n) is 4.16. The lowest BCUT2D eigenvalue weighted by Crippen LogP contribution is -1.99. The van der Waals surface area contributed by atoms with E-state index in [2.05, 4.69) is 11.6 Å². The van der Waals surface area contributed by atoms with Gasteiger partial charge in [0.25, 0.3) is 0 Å². The molecule has 1 aromatic rings. The Morgan fingerprint density at radius 3 is 3.08 bits per heavy atom. The van der Waals surface area contributed by atoms with Crippen molar-refractivity contribution in [3.8, 4) is 5.88 Å². The van der Waals surface area contributed by atoms with Crippen molar-refractivity contribution in [2.45, 2.75) is 6.42 Å². The predicted octanol–water partition coefficient (Wildman–Crippen LogP) is 1.45. The highest BCUT2D eigenvalue weighted by Gasteiger charge is 1.99. The number of methoxy groups -OCH3 is 1. The molecule has 0 amide bonds. The summed E-state index contributed by atoms with van der Waals surface area (Å²) in [6, 6.07) is 3.76. The average molecular weight is 178 g/mol. The first-order valence-corrected chi connectivity index (χ1v) is 4.16. The molecule has 0 aliphatic heterocycles. The van der Waals surface area contributed by atoms with Crippen molar-refractivity contribution in [3.63, 3.8) is 0 Å². The third-order valence-electron chi connectivity index (χ3n) is 1.80. The van der Waals surface area contributed by atoms with Crippen LogP contribution < -0.4 is 10.5 Å². The van der Waals surface area contributed by atoms with Gasteiger partial charge in [0.1, 0.15) is 0 Å². The minimum absolute atomic E-state index is 0.607. The first-order chi connectivity index (χ1) is 6.27. The summed E-state index contributed by atoms with van der Waals surface area (Å²) >= 11 is 0. The van der Waals surface area contributed by atoms with Crippen LogP contribution in [0.1, 0.15) is 12.0 Å². The van der Waals surface area contributed by atoms with Crippen LogP contribution in [0.25, 0.3) is 5.57 Å². The Morgan fingerprint density at radius 2 is 2.46 bits per heavy atom. The summed E-state index contributed by atoms with van der Waals surface area (Å²) in [6.07, 6.45) is 2.50.